The van der Waals surface area contributed by atoms with E-state index < -0.39 is 0 Å². The third kappa shape index (κ3) is 5.68. The summed E-state index contributed by atoms with van der Waals surface area (Å²) in [5.74, 6) is 0.860. The normalized spacial score (nSPS) is 15.0. The quantitative estimate of drug-likeness (QED) is 0.285. The summed E-state index contributed by atoms with van der Waals surface area (Å²) in [5.41, 5.74) is 0.846. The van der Waals surface area contributed by atoms with Crippen LogP contribution in [-0.4, -0.2) is 69.1 Å². The SMILES string of the molecule is CCNC(=NCCCn1cccn1)N1CCN(c2cnn(C)c2)C(=O)C1.I. The molecule has 148 valence electrons. The summed E-state index contributed by atoms with van der Waals surface area (Å²) < 4.78 is 3.61. The van der Waals surface area contributed by atoms with Crippen molar-refractivity contribution in [3.8, 4) is 0 Å². The molecule has 0 saturated carbocycles. The number of hydrogen-bond donors (Lipinski definition) is 1. The second-order valence-electron chi connectivity index (χ2n) is 6.20. The summed E-state index contributed by atoms with van der Waals surface area (Å²) in [4.78, 5) is 21.0. The van der Waals surface area contributed by atoms with Crippen LogP contribution in [0.3, 0.4) is 0 Å². The number of carbonyl (C=O) groups excluding carboxylic acids is 1. The summed E-state index contributed by atoms with van der Waals surface area (Å²) in [6.07, 6.45) is 8.22. The monoisotopic (exact) mass is 486 g/mol. The molecule has 0 bridgehead atoms. The first-order valence-electron chi connectivity index (χ1n) is 8.97. The van der Waals surface area contributed by atoms with Crippen molar-refractivity contribution >= 4 is 41.5 Å². The largest absolute Gasteiger partial charge is 0.357 e. The van der Waals surface area contributed by atoms with E-state index in [4.69, 9.17) is 0 Å². The molecule has 0 aromatic carbocycles. The van der Waals surface area contributed by atoms with Crippen LogP contribution in [0.25, 0.3) is 0 Å². The lowest BCUT2D eigenvalue weighted by molar-refractivity contribution is -0.120. The highest BCUT2D eigenvalue weighted by atomic mass is 127. The summed E-state index contributed by atoms with van der Waals surface area (Å²) in [6.45, 7) is 6.03. The summed E-state index contributed by atoms with van der Waals surface area (Å²) >= 11 is 0. The minimum atomic E-state index is 0. The van der Waals surface area contributed by atoms with Gasteiger partial charge in [-0.1, -0.05) is 0 Å². The van der Waals surface area contributed by atoms with Gasteiger partial charge in [0.15, 0.2) is 5.96 Å². The van der Waals surface area contributed by atoms with Gasteiger partial charge in [0.25, 0.3) is 0 Å². The summed E-state index contributed by atoms with van der Waals surface area (Å²) in [5, 5.41) is 11.6. The van der Waals surface area contributed by atoms with Gasteiger partial charge in [-0.15, -0.1) is 24.0 Å². The minimum absolute atomic E-state index is 0. The average Bonchev–Trinajstić information content (AvgIpc) is 3.29. The maximum atomic E-state index is 12.6. The lowest BCUT2D eigenvalue weighted by Crippen LogP contribution is -2.55. The van der Waals surface area contributed by atoms with Gasteiger partial charge in [-0.05, 0) is 19.4 Å². The highest BCUT2D eigenvalue weighted by molar-refractivity contribution is 14.0. The highest BCUT2D eigenvalue weighted by Crippen LogP contribution is 2.16. The molecule has 1 fully saturated rings. The molecule has 0 spiro atoms. The van der Waals surface area contributed by atoms with E-state index in [-0.39, 0.29) is 29.9 Å². The van der Waals surface area contributed by atoms with Crippen LogP contribution in [-0.2, 0) is 18.4 Å². The number of nitrogens with zero attached hydrogens (tertiary/aromatic N) is 7. The van der Waals surface area contributed by atoms with Gasteiger partial charge < -0.3 is 15.1 Å². The predicted octanol–water partition coefficient (Wildman–Crippen LogP) is 0.939. The molecule has 0 unspecified atom stereocenters. The zero-order chi connectivity index (χ0) is 18.4. The van der Waals surface area contributed by atoms with Crippen LogP contribution < -0.4 is 10.2 Å². The number of piperazine rings is 1. The number of nitrogens with one attached hydrogen (secondary N) is 1. The number of anilines is 1. The van der Waals surface area contributed by atoms with Crippen LogP contribution in [0, 0.1) is 0 Å². The molecule has 9 nitrogen and oxygen atoms in total. The van der Waals surface area contributed by atoms with Crippen molar-refractivity contribution < 1.29 is 4.79 Å². The Balaban J connectivity index is 0.00000261. The molecule has 0 atom stereocenters. The Bertz CT molecular complexity index is 742. The third-order valence-electron chi connectivity index (χ3n) is 4.22. The van der Waals surface area contributed by atoms with Crippen molar-refractivity contribution in [1.29, 1.82) is 0 Å². The first-order valence-corrected chi connectivity index (χ1v) is 8.97. The van der Waals surface area contributed by atoms with E-state index in [0.717, 1.165) is 37.7 Å². The Morgan fingerprint density at radius 1 is 1.33 bits per heavy atom. The number of guanidine groups is 1. The van der Waals surface area contributed by atoms with Crippen LogP contribution in [0.2, 0.25) is 0 Å². The van der Waals surface area contributed by atoms with Gasteiger partial charge in [0.2, 0.25) is 5.91 Å². The Morgan fingerprint density at radius 3 is 2.81 bits per heavy atom. The zero-order valence-electron chi connectivity index (χ0n) is 15.8. The molecule has 10 heteroatoms. The van der Waals surface area contributed by atoms with Gasteiger partial charge >= 0.3 is 0 Å². The average molecular weight is 486 g/mol. The topological polar surface area (TPSA) is 83.6 Å². The van der Waals surface area contributed by atoms with Crippen molar-refractivity contribution in [2.75, 3.05) is 37.6 Å². The second-order valence-corrected chi connectivity index (χ2v) is 6.20. The Kier molecular flexibility index (Phi) is 8.07. The third-order valence-corrected chi connectivity index (χ3v) is 4.22. The fourth-order valence-electron chi connectivity index (χ4n) is 2.95. The number of aryl methyl sites for hydroxylation is 2. The van der Waals surface area contributed by atoms with Gasteiger partial charge in [-0.3, -0.25) is 19.2 Å². The molecule has 1 amide bonds. The van der Waals surface area contributed by atoms with E-state index in [1.54, 1.807) is 22.0 Å². The molecule has 2 aromatic heterocycles. The van der Waals surface area contributed by atoms with Crippen molar-refractivity contribution in [3.05, 3.63) is 30.9 Å². The molecule has 1 N–H and O–H groups in total. The number of aromatic nitrogens is 4. The molecule has 2 aromatic rings. The maximum Gasteiger partial charge on any atom is 0.246 e. The first kappa shape index (κ1) is 21.2. The molecule has 1 aliphatic heterocycles. The lowest BCUT2D eigenvalue weighted by atomic mass is 10.3. The predicted molar refractivity (Wildman–Crippen MR) is 115 cm³/mol. The molecular formula is C17H27IN8O. The number of carbonyl (C=O) groups is 1. The first-order chi connectivity index (χ1) is 12.7. The maximum absolute atomic E-state index is 12.6. The molecule has 0 radical (unpaired) electrons. The van der Waals surface area contributed by atoms with Crippen molar-refractivity contribution in [3.63, 3.8) is 0 Å². The molecule has 1 saturated heterocycles. The number of rotatable bonds is 6. The van der Waals surface area contributed by atoms with Gasteiger partial charge in [-0.25, -0.2) is 0 Å². The summed E-state index contributed by atoms with van der Waals surface area (Å²) in [6, 6.07) is 1.92. The molecule has 3 rings (SSSR count). The van der Waals surface area contributed by atoms with E-state index in [1.165, 1.54) is 0 Å². The zero-order valence-corrected chi connectivity index (χ0v) is 18.1. The van der Waals surface area contributed by atoms with Gasteiger partial charge in [-0.2, -0.15) is 10.2 Å². The highest BCUT2D eigenvalue weighted by Gasteiger charge is 2.27. The van der Waals surface area contributed by atoms with Gasteiger partial charge in [0.1, 0.15) is 6.54 Å². The molecule has 1 aliphatic rings. The lowest BCUT2D eigenvalue weighted by Gasteiger charge is -2.35. The van der Waals surface area contributed by atoms with Crippen LogP contribution in [0.5, 0.6) is 0 Å². The number of hydrogen-bond acceptors (Lipinski definition) is 4. The van der Waals surface area contributed by atoms with Crippen molar-refractivity contribution in [1.82, 2.24) is 29.8 Å². The van der Waals surface area contributed by atoms with Gasteiger partial charge in [0, 0.05) is 58.4 Å². The molecule has 3 heterocycles. The van der Waals surface area contributed by atoms with Crippen molar-refractivity contribution in [2.45, 2.75) is 19.9 Å². The van der Waals surface area contributed by atoms with Crippen LogP contribution >= 0.6 is 24.0 Å². The number of aliphatic imine (C=N–C) groups is 1. The molecule has 0 aliphatic carbocycles. The fraction of sp³-hybridized carbons (Fsp3) is 0.529. The number of amides is 1. The van der Waals surface area contributed by atoms with Crippen LogP contribution in [0.4, 0.5) is 5.69 Å². The Morgan fingerprint density at radius 2 is 2.19 bits per heavy atom. The standard InChI is InChI=1S/C17H26N8O.HI/c1-3-18-17(19-6-4-8-24-9-5-7-20-24)23-10-11-25(16(26)14-23)15-12-21-22(2)13-15;/h5,7,9,12-13H,3-4,6,8,10-11,14H2,1-2H3,(H,18,19);1H. The second kappa shape index (κ2) is 10.3. The van der Waals surface area contributed by atoms with E-state index in [9.17, 15) is 4.79 Å². The fourth-order valence-corrected chi connectivity index (χ4v) is 2.95. The van der Waals surface area contributed by atoms with E-state index in [2.05, 4.69) is 20.5 Å². The Hall–Kier alpha value is -2.11. The van der Waals surface area contributed by atoms with Crippen LogP contribution in [0.15, 0.2) is 35.8 Å². The summed E-state index contributed by atoms with van der Waals surface area (Å²) in [7, 11) is 1.85. The minimum Gasteiger partial charge on any atom is -0.357 e. The van der Waals surface area contributed by atoms with Crippen molar-refractivity contribution in [2.24, 2.45) is 12.0 Å². The van der Waals surface area contributed by atoms with E-state index in [0.29, 0.717) is 19.6 Å². The van der Waals surface area contributed by atoms with Crippen LogP contribution in [0.1, 0.15) is 13.3 Å². The van der Waals surface area contributed by atoms with E-state index >= 15 is 0 Å². The smallest absolute Gasteiger partial charge is 0.246 e. The van der Waals surface area contributed by atoms with Gasteiger partial charge in [0.05, 0.1) is 11.9 Å². The molecule has 27 heavy (non-hydrogen) atoms. The number of halogens is 1. The Labute approximate surface area is 176 Å². The van der Waals surface area contributed by atoms with E-state index in [1.807, 2.05) is 42.0 Å². The molecular weight excluding hydrogens is 459 g/mol.